The van der Waals surface area contributed by atoms with Crippen LogP contribution in [-0.4, -0.2) is 34.4 Å². The molecule has 1 atom stereocenters. The molecule has 0 radical (unpaired) electrons. The van der Waals surface area contributed by atoms with Crippen LogP contribution in [0.1, 0.15) is 24.8 Å². The molecule has 0 bridgehead atoms. The summed E-state index contributed by atoms with van der Waals surface area (Å²) in [4.78, 5) is 14.0. The van der Waals surface area contributed by atoms with Gasteiger partial charge in [-0.05, 0) is 37.0 Å². The van der Waals surface area contributed by atoms with E-state index in [1.54, 1.807) is 17.0 Å². The Labute approximate surface area is 116 Å². The summed E-state index contributed by atoms with van der Waals surface area (Å²) in [5.41, 5.74) is 6.40. The Morgan fingerprint density at radius 1 is 1.40 bits per heavy atom. The van der Waals surface area contributed by atoms with Crippen LogP contribution < -0.4 is 5.73 Å². The highest BCUT2D eigenvalue weighted by Gasteiger charge is 2.29. The molecule has 1 heterocycles. The van der Waals surface area contributed by atoms with Gasteiger partial charge in [0, 0.05) is 6.54 Å². The van der Waals surface area contributed by atoms with Gasteiger partial charge in [-0.15, -0.1) is 0 Å². The van der Waals surface area contributed by atoms with Crippen LogP contribution in [0.5, 0.6) is 0 Å². The quantitative estimate of drug-likeness (QED) is 0.381. The van der Waals surface area contributed by atoms with Crippen LogP contribution >= 0.6 is 0 Å². The summed E-state index contributed by atoms with van der Waals surface area (Å²) in [6.45, 7) is 0.598. The van der Waals surface area contributed by atoms with Crippen molar-refractivity contribution in [3.8, 4) is 0 Å². The Morgan fingerprint density at radius 2 is 2.10 bits per heavy atom. The summed E-state index contributed by atoms with van der Waals surface area (Å²) in [6.07, 6.45) is 2.74. The zero-order chi connectivity index (χ0) is 14.5. The molecule has 1 aromatic carbocycles. The van der Waals surface area contributed by atoms with Crippen molar-refractivity contribution in [2.24, 2.45) is 10.9 Å². The van der Waals surface area contributed by atoms with Crippen molar-refractivity contribution in [1.82, 2.24) is 4.90 Å². The number of oxime groups is 1. The van der Waals surface area contributed by atoms with E-state index >= 15 is 0 Å². The molecular weight excluding hydrogens is 261 g/mol. The SMILES string of the molecule is NC(=NO)C1CCCCN1C(=O)Cc1ccc(F)cc1. The molecule has 20 heavy (non-hydrogen) atoms. The fraction of sp³-hybridized carbons (Fsp3) is 0.429. The number of halogens is 1. The van der Waals surface area contributed by atoms with Crippen LogP contribution in [0.3, 0.4) is 0 Å². The van der Waals surface area contributed by atoms with Crippen molar-refractivity contribution < 1.29 is 14.4 Å². The molecule has 5 nitrogen and oxygen atoms in total. The summed E-state index contributed by atoms with van der Waals surface area (Å²) >= 11 is 0. The van der Waals surface area contributed by atoms with Gasteiger partial charge < -0.3 is 15.8 Å². The summed E-state index contributed by atoms with van der Waals surface area (Å²) in [5, 5.41) is 11.8. The van der Waals surface area contributed by atoms with Crippen molar-refractivity contribution >= 4 is 11.7 Å². The predicted molar refractivity (Wildman–Crippen MR) is 72.9 cm³/mol. The van der Waals surface area contributed by atoms with Crippen LogP contribution in [-0.2, 0) is 11.2 Å². The van der Waals surface area contributed by atoms with Gasteiger partial charge in [0.25, 0.3) is 0 Å². The Bertz CT molecular complexity index is 502. The average molecular weight is 279 g/mol. The second-order valence-corrected chi connectivity index (χ2v) is 4.93. The van der Waals surface area contributed by atoms with Gasteiger partial charge in [0.1, 0.15) is 5.82 Å². The smallest absolute Gasteiger partial charge is 0.227 e. The molecule has 1 unspecified atom stereocenters. The van der Waals surface area contributed by atoms with Crippen molar-refractivity contribution in [2.75, 3.05) is 6.54 Å². The van der Waals surface area contributed by atoms with Crippen molar-refractivity contribution in [1.29, 1.82) is 0 Å². The Morgan fingerprint density at radius 3 is 2.75 bits per heavy atom. The number of hydrogen-bond donors (Lipinski definition) is 2. The van der Waals surface area contributed by atoms with E-state index in [0.29, 0.717) is 13.0 Å². The molecule has 1 fully saturated rings. The molecule has 1 aromatic rings. The van der Waals surface area contributed by atoms with Crippen LogP contribution in [0.25, 0.3) is 0 Å². The molecular formula is C14H18FN3O2. The lowest BCUT2D eigenvalue weighted by atomic mass is 10.00. The largest absolute Gasteiger partial charge is 0.409 e. The minimum absolute atomic E-state index is 0.0668. The fourth-order valence-electron chi connectivity index (χ4n) is 2.48. The van der Waals surface area contributed by atoms with E-state index in [0.717, 1.165) is 18.4 Å². The lowest BCUT2D eigenvalue weighted by molar-refractivity contribution is -0.132. The monoisotopic (exact) mass is 279 g/mol. The topological polar surface area (TPSA) is 78.9 Å². The first-order valence-electron chi connectivity index (χ1n) is 6.63. The van der Waals surface area contributed by atoms with Crippen molar-refractivity contribution in [3.05, 3.63) is 35.6 Å². The number of carbonyl (C=O) groups is 1. The number of nitrogens with zero attached hydrogens (tertiary/aromatic N) is 2. The maximum atomic E-state index is 12.8. The first-order valence-corrected chi connectivity index (χ1v) is 6.63. The number of nitrogens with two attached hydrogens (primary N) is 1. The number of rotatable bonds is 3. The number of hydrogen-bond acceptors (Lipinski definition) is 3. The summed E-state index contributed by atoms with van der Waals surface area (Å²) < 4.78 is 12.8. The maximum absolute atomic E-state index is 12.8. The van der Waals surface area contributed by atoms with Gasteiger partial charge in [0.2, 0.25) is 5.91 Å². The van der Waals surface area contributed by atoms with Gasteiger partial charge >= 0.3 is 0 Å². The lowest BCUT2D eigenvalue weighted by Crippen LogP contribution is -2.51. The molecule has 0 aromatic heterocycles. The molecule has 1 aliphatic rings. The average Bonchev–Trinajstić information content (AvgIpc) is 2.48. The highest BCUT2D eigenvalue weighted by molar-refractivity contribution is 5.90. The molecule has 2 rings (SSSR count). The molecule has 0 saturated carbocycles. The van der Waals surface area contributed by atoms with E-state index in [1.807, 2.05) is 0 Å². The van der Waals surface area contributed by atoms with Crippen molar-refractivity contribution in [2.45, 2.75) is 31.7 Å². The third-order valence-corrected chi connectivity index (χ3v) is 3.55. The van der Waals surface area contributed by atoms with Crippen LogP contribution in [0.4, 0.5) is 4.39 Å². The zero-order valence-corrected chi connectivity index (χ0v) is 11.1. The molecule has 1 saturated heterocycles. The molecule has 0 aliphatic carbocycles. The lowest BCUT2D eigenvalue weighted by Gasteiger charge is -2.34. The number of amides is 1. The van der Waals surface area contributed by atoms with E-state index in [2.05, 4.69) is 5.16 Å². The van der Waals surface area contributed by atoms with Gasteiger partial charge in [-0.3, -0.25) is 4.79 Å². The van der Waals surface area contributed by atoms with Gasteiger partial charge in [-0.2, -0.15) is 0 Å². The van der Waals surface area contributed by atoms with Gasteiger partial charge in [0.15, 0.2) is 5.84 Å². The standard InChI is InChI=1S/C14H18FN3O2/c15-11-6-4-10(5-7-11)9-13(19)18-8-2-1-3-12(18)14(16)17-20/h4-7,12,20H,1-3,8-9H2,(H2,16,17). The zero-order valence-electron chi connectivity index (χ0n) is 11.1. The van der Waals surface area contributed by atoms with Gasteiger partial charge in [-0.1, -0.05) is 17.3 Å². The molecule has 108 valence electrons. The van der Waals surface area contributed by atoms with Crippen molar-refractivity contribution in [3.63, 3.8) is 0 Å². The number of likely N-dealkylation sites (tertiary alicyclic amines) is 1. The van der Waals surface area contributed by atoms with E-state index < -0.39 is 0 Å². The maximum Gasteiger partial charge on any atom is 0.227 e. The molecule has 0 spiro atoms. The highest BCUT2D eigenvalue weighted by atomic mass is 19.1. The molecule has 1 amide bonds. The minimum Gasteiger partial charge on any atom is -0.409 e. The Balaban J connectivity index is 2.08. The third kappa shape index (κ3) is 3.26. The van der Waals surface area contributed by atoms with Gasteiger partial charge in [0.05, 0.1) is 12.5 Å². The first kappa shape index (κ1) is 14.3. The van der Waals surface area contributed by atoms with E-state index in [4.69, 9.17) is 10.9 Å². The second kappa shape index (κ2) is 6.36. The highest BCUT2D eigenvalue weighted by Crippen LogP contribution is 2.18. The Kier molecular flexibility index (Phi) is 4.55. The summed E-state index contributed by atoms with van der Waals surface area (Å²) in [5.74, 6) is -0.348. The second-order valence-electron chi connectivity index (χ2n) is 4.93. The first-order chi connectivity index (χ1) is 9.61. The van der Waals surface area contributed by atoms with E-state index in [-0.39, 0.29) is 30.0 Å². The fourth-order valence-corrected chi connectivity index (χ4v) is 2.48. The van der Waals surface area contributed by atoms with Crippen LogP contribution in [0, 0.1) is 5.82 Å². The third-order valence-electron chi connectivity index (χ3n) is 3.55. The van der Waals surface area contributed by atoms with E-state index in [1.165, 1.54) is 12.1 Å². The number of piperidine rings is 1. The Hall–Kier alpha value is -2.11. The normalized spacial score (nSPS) is 19.9. The molecule has 1 aliphatic heterocycles. The summed E-state index contributed by atoms with van der Waals surface area (Å²) in [7, 11) is 0. The summed E-state index contributed by atoms with van der Waals surface area (Å²) in [6, 6.07) is 5.51. The van der Waals surface area contributed by atoms with Gasteiger partial charge in [-0.25, -0.2) is 4.39 Å². The van der Waals surface area contributed by atoms with E-state index in [9.17, 15) is 9.18 Å². The number of amidine groups is 1. The van der Waals surface area contributed by atoms with Crippen LogP contribution in [0.15, 0.2) is 29.4 Å². The molecule has 3 N–H and O–H groups in total. The minimum atomic E-state index is -0.346. The predicted octanol–water partition coefficient (Wildman–Crippen LogP) is 1.50. The number of carbonyl (C=O) groups excluding carboxylic acids is 1. The van der Waals surface area contributed by atoms with Crippen LogP contribution in [0.2, 0.25) is 0 Å². The molecule has 6 heteroatoms. The number of benzene rings is 1.